The van der Waals surface area contributed by atoms with Crippen LogP contribution in [0.4, 0.5) is 29.7 Å². The highest BCUT2D eigenvalue weighted by Crippen LogP contribution is 2.42. The van der Waals surface area contributed by atoms with E-state index in [0.29, 0.717) is 17.7 Å². The number of methoxy groups -OCH3 is 1. The zero-order chi connectivity index (χ0) is 37.7. The number of aliphatic hydroxyl groups excluding tert-OH is 1. The Balaban J connectivity index is 1.67. The Morgan fingerprint density at radius 3 is 2.54 bits per heavy atom. The molecule has 4 rings (SSSR count). The topological polar surface area (TPSA) is 217 Å². The predicted molar refractivity (Wildman–Crippen MR) is 180 cm³/mol. The summed E-state index contributed by atoms with van der Waals surface area (Å²) in [5.41, 5.74) is 5.39. The maximum absolute atomic E-state index is 16.4. The maximum atomic E-state index is 16.4. The Hall–Kier alpha value is -6.11. The van der Waals surface area contributed by atoms with Gasteiger partial charge >= 0.3 is 18.3 Å². The molecule has 0 unspecified atom stereocenters. The summed E-state index contributed by atoms with van der Waals surface area (Å²) < 4.78 is 62.1. The lowest BCUT2D eigenvalue weighted by atomic mass is 10.1. The second-order valence-electron chi connectivity index (χ2n) is 11.2. The lowest BCUT2D eigenvalue weighted by molar-refractivity contribution is -0.0520. The van der Waals surface area contributed by atoms with Gasteiger partial charge in [-0.05, 0) is 44.5 Å². The average molecular weight is 729 g/mol. The van der Waals surface area contributed by atoms with Crippen LogP contribution in [0.1, 0.15) is 44.1 Å². The highest BCUT2D eigenvalue weighted by atomic mass is 19.1. The number of amidine groups is 1. The Bertz CT molecular complexity index is 1860. The Labute approximate surface area is 296 Å². The van der Waals surface area contributed by atoms with E-state index in [1.54, 1.807) is 30.3 Å². The van der Waals surface area contributed by atoms with Gasteiger partial charge in [0.05, 0.1) is 20.3 Å². The third-order valence-electron chi connectivity index (χ3n) is 6.68. The van der Waals surface area contributed by atoms with E-state index in [1.807, 2.05) is 6.92 Å². The highest BCUT2D eigenvalue weighted by molar-refractivity contribution is 6.07. The van der Waals surface area contributed by atoms with Gasteiger partial charge in [0, 0.05) is 35.6 Å². The number of carbonyl (C=O) groups is 2. The number of aliphatic hydroxyl groups is 1. The van der Waals surface area contributed by atoms with Gasteiger partial charge in [0.1, 0.15) is 36.2 Å². The zero-order valence-corrected chi connectivity index (χ0v) is 28.8. The van der Waals surface area contributed by atoms with Crippen LogP contribution in [0, 0.1) is 5.82 Å². The number of halogens is 2. The quantitative estimate of drug-likeness (QED) is 0.0594. The van der Waals surface area contributed by atoms with Crippen molar-refractivity contribution in [2.45, 2.75) is 39.2 Å². The summed E-state index contributed by atoms with van der Waals surface area (Å²) in [5, 5.41) is 16.9. The van der Waals surface area contributed by atoms with Crippen LogP contribution in [0.15, 0.2) is 53.8 Å². The molecule has 2 aromatic heterocycles. The van der Waals surface area contributed by atoms with Crippen LogP contribution in [0.3, 0.4) is 0 Å². The second-order valence-corrected chi connectivity index (χ2v) is 11.2. The third-order valence-corrected chi connectivity index (χ3v) is 6.68. The molecule has 2 aromatic carbocycles. The van der Waals surface area contributed by atoms with Gasteiger partial charge < -0.3 is 44.6 Å². The summed E-state index contributed by atoms with van der Waals surface area (Å²) in [5.74, 6) is -1.17. The van der Waals surface area contributed by atoms with Gasteiger partial charge in [-0.2, -0.15) is 9.98 Å². The summed E-state index contributed by atoms with van der Waals surface area (Å²) >= 11 is 0. The van der Waals surface area contributed by atoms with Gasteiger partial charge in [0.25, 0.3) is 5.95 Å². The molecule has 0 aliphatic heterocycles. The SMILES string of the molecule is CCCOC(=O)N=C(N)c1ccccc1Nc1c(OC)cc(Cc2nc(OCOC(=O)OC(C)(C)CF)n(-c3ncccn3)n2)c(F)c1OCCO. The first kappa shape index (κ1) is 38.7. The molecule has 0 aliphatic rings. The predicted octanol–water partition coefficient (Wildman–Crippen LogP) is 4.40. The zero-order valence-electron chi connectivity index (χ0n) is 28.8. The first-order valence-electron chi connectivity index (χ1n) is 15.8. The van der Waals surface area contributed by atoms with E-state index in [0.717, 1.165) is 4.68 Å². The largest absolute Gasteiger partial charge is 0.511 e. The van der Waals surface area contributed by atoms with Crippen molar-refractivity contribution < 1.29 is 51.9 Å². The molecule has 278 valence electrons. The van der Waals surface area contributed by atoms with Crippen molar-refractivity contribution in [1.82, 2.24) is 24.7 Å². The van der Waals surface area contributed by atoms with Crippen molar-refractivity contribution >= 4 is 29.5 Å². The van der Waals surface area contributed by atoms with E-state index in [4.69, 9.17) is 34.2 Å². The normalized spacial score (nSPS) is 11.5. The van der Waals surface area contributed by atoms with Gasteiger partial charge in [-0.3, -0.25) is 0 Å². The number of anilines is 2. The molecule has 0 fully saturated rings. The number of nitrogens with zero attached hydrogens (tertiary/aromatic N) is 6. The van der Waals surface area contributed by atoms with E-state index in [2.05, 4.69) is 30.4 Å². The molecule has 52 heavy (non-hydrogen) atoms. The lowest BCUT2D eigenvalue weighted by Crippen LogP contribution is -2.31. The smallest absolute Gasteiger partial charge is 0.494 e. The summed E-state index contributed by atoms with van der Waals surface area (Å²) in [7, 11) is 1.36. The van der Waals surface area contributed by atoms with E-state index in [1.165, 1.54) is 39.4 Å². The first-order chi connectivity index (χ1) is 25.0. The fourth-order valence-corrected chi connectivity index (χ4v) is 4.30. The molecule has 4 N–H and O–H groups in total. The van der Waals surface area contributed by atoms with Gasteiger partial charge in [0.15, 0.2) is 17.4 Å². The molecule has 0 saturated heterocycles. The van der Waals surface area contributed by atoms with E-state index in [9.17, 15) is 19.1 Å². The number of benzene rings is 2. The molecule has 0 radical (unpaired) electrons. The summed E-state index contributed by atoms with van der Waals surface area (Å²) in [4.78, 5) is 40.5. The van der Waals surface area contributed by atoms with Crippen LogP contribution in [-0.4, -0.2) is 93.9 Å². The number of ether oxygens (including phenoxy) is 6. The van der Waals surface area contributed by atoms with Crippen LogP contribution in [0.25, 0.3) is 5.95 Å². The van der Waals surface area contributed by atoms with Crippen LogP contribution in [0.2, 0.25) is 0 Å². The number of hydrogen-bond donors (Lipinski definition) is 3. The Morgan fingerprint density at radius 1 is 1.10 bits per heavy atom. The maximum Gasteiger partial charge on any atom is 0.511 e. The van der Waals surface area contributed by atoms with Crippen molar-refractivity contribution in [2.24, 2.45) is 10.7 Å². The van der Waals surface area contributed by atoms with Crippen LogP contribution < -0.4 is 25.3 Å². The molecule has 19 heteroatoms. The number of nitrogens with two attached hydrogens (primary N) is 1. The van der Waals surface area contributed by atoms with Gasteiger partial charge in [-0.25, -0.2) is 28.3 Å². The lowest BCUT2D eigenvalue weighted by Gasteiger charge is -2.20. The molecule has 4 aromatic rings. The molecule has 17 nitrogen and oxygen atoms in total. The molecular weight excluding hydrogens is 690 g/mol. The Morgan fingerprint density at radius 2 is 1.85 bits per heavy atom. The van der Waals surface area contributed by atoms with Crippen molar-refractivity contribution in [3.63, 3.8) is 0 Å². The molecule has 0 bridgehead atoms. The summed E-state index contributed by atoms with van der Waals surface area (Å²) in [6.45, 7) is 2.36. The van der Waals surface area contributed by atoms with Crippen LogP contribution >= 0.6 is 0 Å². The first-order valence-corrected chi connectivity index (χ1v) is 15.8. The average Bonchev–Trinajstić information content (AvgIpc) is 3.54. The molecule has 1 amide bonds. The van der Waals surface area contributed by atoms with Gasteiger partial charge in [-0.1, -0.05) is 19.1 Å². The number of amides is 1. The number of nitrogens with one attached hydrogen (secondary N) is 1. The number of hydrogen-bond acceptors (Lipinski definition) is 14. The van der Waals surface area contributed by atoms with Crippen molar-refractivity contribution in [3.8, 4) is 23.5 Å². The summed E-state index contributed by atoms with van der Waals surface area (Å²) in [6, 6.07) is 9.28. The van der Waals surface area contributed by atoms with Crippen LogP contribution in [-0.2, 0) is 20.6 Å². The van der Waals surface area contributed by atoms with Crippen molar-refractivity contribution in [3.05, 3.63) is 71.6 Å². The molecule has 0 saturated carbocycles. The van der Waals surface area contributed by atoms with E-state index >= 15 is 4.39 Å². The third kappa shape index (κ3) is 10.2. The number of alkyl halides is 1. The Kier molecular flexibility index (Phi) is 13.6. The minimum Gasteiger partial charge on any atom is -0.494 e. The summed E-state index contributed by atoms with van der Waals surface area (Å²) in [6.07, 6.45) is 1.17. The van der Waals surface area contributed by atoms with Crippen LogP contribution in [0.5, 0.6) is 17.5 Å². The van der Waals surface area contributed by atoms with E-state index < -0.39 is 43.7 Å². The second kappa shape index (κ2) is 18.2. The monoisotopic (exact) mass is 728 g/mol. The number of rotatable bonds is 17. The number of aromatic nitrogens is 5. The molecular formula is C33H38F2N8O9. The van der Waals surface area contributed by atoms with Crippen molar-refractivity contribution in [1.29, 1.82) is 0 Å². The van der Waals surface area contributed by atoms with Crippen molar-refractivity contribution in [2.75, 3.05) is 45.7 Å². The fraction of sp³-hybridized carbons (Fsp3) is 0.364. The van der Waals surface area contributed by atoms with Gasteiger partial charge in [0.2, 0.25) is 6.79 Å². The number of para-hydroxylation sites is 1. The minimum atomic E-state index is -1.41. The standard InChI is InChI=1S/C33H38F2N8O9/c1-5-14-49-31(45)41-28(36)21-9-6-7-10-22(21)39-26-23(47-4)16-20(25(35)27(26)48-15-13-44)17-24-40-30(43(42-24)29-37-11-8-12-38-29)50-19-51-32(46)52-33(2,3)18-34/h6-12,16,39,44H,5,13-15,17-19H2,1-4H3,(H2,36,41,45). The molecule has 0 spiro atoms. The fourth-order valence-electron chi connectivity index (χ4n) is 4.30. The van der Waals surface area contributed by atoms with Gasteiger partial charge in [-0.15, -0.1) is 9.78 Å². The molecule has 0 aliphatic carbocycles. The highest BCUT2D eigenvalue weighted by Gasteiger charge is 2.26. The van der Waals surface area contributed by atoms with E-state index in [-0.39, 0.29) is 66.0 Å². The molecule has 0 atom stereocenters. The molecule has 2 heterocycles. The minimum absolute atomic E-state index is 0.00864. The number of aliphatic imine (C=N–C) groups is 1. The number of carbonyl (C=O) groups excluding carboxylic acids is 2.